The Morgan fingerprint density at radius 2 is 1.67 bits per heavy atom. The monoisotopic (exact) mass is 375 g/mol. The van der Waals surface area contributed by atoms with E-state index in [1.54, 1.807) is 24.3 Å². The molecule has 1 saturated carbocycles. The highest BCUT2D eigenvalue weighted by Gasteiger charge is 2.15. The van der Waals surface area contributed by atoms with E-state index in [9.17, 15) is 14.4 Å². The second-order valence-corrected chi connectivity index (χ2v) is 6.94. The van der Waals surface area contributed by atoms with E-state index in [-0.39, 0.29) is 23.5 Å². The molecule has 3 amide bonds. The Hall–Kier alpha value is -2.57. The maximum absolute atomic E-state index is 11.8. The first-order valence-electron chi connectivity index (χ1n) is 9.68. The van der Waals surface area contributed by atoms with Gasteiger partial charge in [-0.1, -0.05) is 31.4 Å². The van der Waals surface area contributed by atoms with Crippen molar-refractivity contribution in [3.63, 3.8) is 0 Å². The molecule has 0 bridgehead atoms. The van der Waals surface area contributed by atoms with E-state index in [1.807, 2.05) is 0 Å². The number of hydrogen-bond donors (Lipinski definition) is 4. The van der Waals surface area contributed by atoms with E-state index in [1.165, 1.54) is 19.3 Å². The molecule has 148 valence electrons. The summed E-state index contributed by atoms with van der Waals surface area (Å²) in [7, 11) is 0. The third-order valence-corrected chi connectivity index (χ3v) is 4.74. The van der Waals surface area contributed by atoms with Gasteiger partial charge in [0, 0.05) is 25.6 Å². The van der Waals surface area contributed by atoms with Crippen LogP contribution in [0.4, 0.5) is 4.79 Å². The zero-order valence-corrected chi connectivity index (χ0v) is 15.6. The highest BCUT2D eigenvalue weighted by Crippen LogP contribution is 2.17. The minimum absolute atomic E-state index is 0.0494. The van der Waals surface area contributed by atoms with Crippen LogP contribution >= 0.6 is 0 Å². The fourth-order valence-electron chi connectivity index (χ4n) is 3.18. The van der Waals surface area contributed by atoms with Gasteiger partial charge in [-0.3, -0.25) is 4.79 Å². The van der Waals surface area contributed by atoms with Gasteiger partial charge in [0.25, 0.3) is 0 Å². The van der Waals surface area contributed by atoms with Crippen LogP contribution < -0.4 is 16.0 Å². The third-order valence-electron chi connectivity index (χ3n) is 4.74. The molecule has 1 aliphatic carbocycles. The number of carbonyl (C=O) groups is 3. The molecule has 0 aliphatic heterocycles. The number of carboxylic acids is 1. The summed E-state index contributed by atoms with van der Waals surface area (Å²) in [6, 6.07) is 6.76. The number of urea groups is 1. The lowest BCUT2D eigenvalue weighted by atomic mass is 9.96. The van der Waals surface area contributed by atoms with Gasteiger partial charge in [-0.05, 0) is 43.4 Å². The molecule has 1 aromatic carbocycles. The summed E-state index contributed by atoms with van der Waals surface area (Å²) in [5.41, 5.74) is 1.23. The van der Waals surface area contributed by atoms with E-state index in [0.717, 1.165) is 18.4 Å². The average molecular weight is 375 g/mol. The normalized spacial score (nSPS) is 14.4. The van der Waals surface area contributed by atoms with Crippen molar-refractivity contribution >= 4 is 17.9 Å². The number of benzene rings is 1. The number of carboxylic acid groups (broad SMARTS) is 1. The molecule has 0 aromatic heterocycles. The van der Waals surface area contributed by atoms with Crippen LogP contribution in [-0.4, -0.2) is 42.1 Å². The molecular formula is C20H29N3O4. The highest BCUT2D eigenvalue weighted by atomic mass is 16.4. The maximum atomic E-state index is 11.8. The first-order chi connectivity index (χ1) is 13.0. The van der Waals surface area contributed by atoms with Crippen LogP contribution in [0.3, 0.4) is 0 Å². The highest BCUT2D eigenvalue weighted by molar-refractivity contribution is 5.87. The van der Waals surface area contributed by atoms with Crippen molar-refractivity contribution in [3.05, 3.63) is 35.4 Å². The first-order valence-corrected chi connectivity index (χ1v) is 9.68. The molecule has 0 atom stereocenters. The van der Waals surface area contributed by atoms with Crippen LogP contribution in [0.2, 0.25) is 0 Å². The van der Waals surface area contributed by atoms with E-state index in [4.69, 9.17) is 5.11 Å². The molecule has 2 rings (SSSR count). The van der Waals surface area contributed by atoms with E-state index in [0.29, 0.717) is 32.4 Å². The Morgan fingerprint density at radius 3 is 2.33 bits per heavy atom. The fourth-order valence-corrected chi connectivity index (χ4v) is 3.18. The standard InChI is InChI=1S/C20H29N3O4/c24-18(21-14-12-15-8-10-16(11-9-15)19(25)26)7-4-13-22-20(27)23-17-5-2-1-3-6-17/h8-11,17H,1-7,12-14H2,(H,21,24)(H,25,26)(H2,22,23,27). The largest absolute Gasteiger partial charge is 0.478 e. The van der Waals surface area contributed by atoms with Crippen molar-refractivity contribution in [2.45, 2.75) is 57.4 Å². The second-order valence-electron chi connectivity index (χ2n) is 6.94. The number of carbonyl (C=O) groups excluding carboxylic acids is 2. The second kappa shape index (κ2) is 11.2. The Balaban J connectivity index is 1.51. The predicted molar refractivity (Wildman–Crippen MR) is 103 cm³/mol. The molecule has 0 heterocycles. The summed E-state index contributed by atoms with van der Waals surface area (Å²) >= 11 is 0. The number of hydrogen-bond acceptors (Lipinski definition) is 3. The predicted octanol–water partition coefficient (Wildman–Crippen LogP) is 2.46. The Morgan fingerprint density at radius 1 is 0.963 bits per heavy atom. The van der Waals surface area contributed by atoms with Gasteiger partial charge in [0.1, 0.15) is 0 Å². The number of nitrogens with one attached hydrogen (secondary N) is 3. The van der Waals surface area contributed by atoms with Crippen LogP contribution in [0.15, 0.2) is 24.3 Å². The molecule has 7 nitrogen and oxygen atoms in total. The van der Waals surface area contributed by atoms with Gasteiger partial charge in [-0.15, -0.1) is 0 Å². The number of rotatable bonds is 9. The van der Waals surface area contributed by atoms with Gasteiger partial charge < -0.3 is 21.1 Å². The smallest absolute Gasteiger partial charge is 0.335 e. The molecule has 1 aliphatic rings. The Bertz CT molecular complexity index is 625. The van der Waals surface area contributed by atoms with Crippen LogP contribution in [0.1, 0.15) is 60.9 Å². The molecule has 27 heavy (non-hydrogen) atoms. The molecule has 0 spiro atoms. The van der Waals surface area contributed by atoms with Crippen molar-refractivity contribution in [1.82, 2.24) is 16.0 Å². The zero-order chi connectivity index (χ0) is 19.5. The quantitative estimate of drug-likeness (QED) is 0.497. The SMILES string of the molecule is O=C(CCCNC(=O)NC1CCCCC1)NCCc1ccc(C(=O)O)cc1. The van der Waals surface area contributed by atoms with Gasteiger partial charge in [0.2, 0.25) is 5.91 Å². The van der Waals surface area contributed by atoms with Crippen molar-refractivity contribution in [3.8, 4) is 0 Å². The first kappa shape index (κ1) is 20.7. The molecule has 4 N–H and O–H groups in total. The van der Waals surface area contributed by atoms with E-state index in [2.05, 4.69) is 16.0 Å². The topological polar surface area (TPSA) is 108 Å². The van der Waals surface area contributed by atoms with Crippen LogP contribution in [0.25, 0.3) is 0 Å². The maximum Gasteiger partial charge on any atom is 0.335 e. The fraction of sp³-hybridized carbons (Fsp3) is 0.550. The van der Waals surface area contributed by atoms with Crippen LogP contribution in [-0.2, 0) is 11.2 Å². The van der Waals surface area contributed by atoms with Crippen molar-refractivity contribution in [2.75, 3.05) is 13.1 Å². The summed E-state index contributed by atoms with van der Waals surface area (Å²) in [4.78, 5) is 34.4. The summed E-state index contributed by atoms with van der Waals surface area (Å²) in [5.74, 6) is -0.998. The molecule has 0 unspecified atom stereocenters. The molecule has 0 radical (unpaired) electrons. The summed E-state index contributed by atoms with van der Waals surface area (Å²) in [6.45, 7) is 0.976. The summed E-state index contributed by atoms with van der Waals surface area (Å²) < 4.78 is 0. The lowest BCUT2D eigenvalue weighted by Gasteiger charge is -2.22. The lowest BCUT2D eigenvalue weighted by Crippen LogP contribution is -2.43. The Labute approximate surface area is 159 Å². The van der Waals surface area contributed by atoms with Crippen molar-refractivity contribution < 1.29 is 19.5 Å². The lowest BCUT2D eigenvalue weighted by molar-refractivity contribution is -0.121. The van der Waals surface area contributed by atoms with Crippen molar-refractivity contribution in [1.29, 1.82) is 0 Å². The van der Waals surface area contributed by atoms with Gasteiger partial charge >= 0.3 is 12.0 Å². The minimum Gasteiger partial charge on any atom is -0.478 e. The number of aromatic carboxylic acids is 1. The van der Waals surface area contributed by atoms with E-state index < -0.39 is 5.97 Å². The van der Waals surface area contributed by atoms with Gasteiger partial charge in [-0.25, -0.2) is 9.59 Å². The molecule has 7 heteroatoms. The van der Waals surface area contributed by atoms with E-state index >= 15 is 0 Å². The minimum atomic E-state index is -0.948. The summed E-state index contributed by atoms with van der Waals surface area (Å²) in [5, 5.41) is 17.5. The molecule has 1 aromatic rings. The van der Waals surface area contributed by atoms with Gasteiger partial charge in [0.15, 0.2) is 0 Å². The molecule has 1 fully saturated rings. The molecular weight excluding hydrogens is 346 g/mol. The molecule has 0 saturated heterocycles. The van der Waals surface area contributed by atoms with Crippen LogP contribution in [0, 0.1) is 0 Å². The van der Waals surface area contributed by atoms with Gasteiger partial charge in [-0.2, -0.15) is 0 Å². The third kappa shape index (κ3) is 8.11. The van der Waals surface area contributed by atoms with Crippen LogP contribution in [0.5, 0.6) is 0 Å². The van der Waals surface area contributed by atoms with Gasteiger partial charge in [0.05, 0.1) is 5.56 Å². The zero-order valence-electron chi connectivity index (χ0n) is 15.6. The Kier molecular flexibility index (Phi) is 8.61. The number of amides is 3. The van der Waals surface area contributed by atoms with Crippen molar-refractivity contribution in [2.24, 2.45) is 0 Å². The summed E-state index contributed by atoms with van der Waals surface area (Å²) in [6.07, 6.45) is 7.31. The average Bonchev–Trinajstić information content (AvgIpc) is 2.66.